The molecule has 0 saturated carbocycles. The molecular weight excluding hydrogens is 282 g/mol. The molecule has 1 heterocycles. The second kappa shape index (κ2) is 6.26. The first-order valence-corrected chi connectivity index (χ1v) is 7.82. The SMILES string of the molecule is Cc1nc(CC(C)C)c(NC(=O)c2cc(N)ccc2C)s1. The largest absolute Gasteiger partial charge is 0.399 e. The lowest BCUT2D eigenvalue weighted by Crippen LogP contribution is -2.14. The van der Waals surface area contributed by atoms with E-state index in [9.17, 15) is 4.79 Å². The zero-order valence-corrected chi connectivity index (χ0v) is 13.7. The van der Waals surface area contributed by atoms with Crippen molar-refractivity contribution in [3.63, 3.8) is 0 Å². The second-order valence-electron chi connectivity index (χ2n) is 5.64. The van der Waals surface area contributed by atoms with Crippen molar-refractivity contribution in [2.75, 3.05) is 11.1 Å². The summed E-state index contributed by atoms with van der Waals surface area (Å²) in [7, 11) is 0. The van der Waals surface area contributed by atoms with Crippen LogP contribution in [-0.2, 0) is 6.42 Å². The molecule has 2 aromatic rings. The van der Waals surface area contributed by atoms with Crippen molar-refractivity contribution in [1.29, 1.82) is 0 Å². The fourth-order valence-corrected chi connectivity index (χ4v) is 2.99. The first-order chi connectivity index (χ1) is 9.86. The van der Waals surface area contributed by atoms with Crippen LogP contribution in [-0.4, -0.2) is 10.9 Å². The quantitative estimate of drug-likeness (QED) is 0.844. The summed E-state index contributed by atoms with van der Waals surface area (Å²) >= 11 is 1.52. The van der Waals surface area contributed by atoms with E-state index in [2.05, 4.69) is 24.1 Å². The Kier molecular flexibility index (Phi) is 4.63. The average Bonchev–Trinajstić information content (AvgIpc) is 2.71. The summed E-state index contributed by atoms with van der Waals surface area (Å²) in [6.07, 6.45) is 0.857. The Morgan fingerprint density at radius 3 is 2.76 bits per heavy atom. The lowest BCUT2D eigenvalue weighted by Gasteiger charge is -2.09. The van der Waals surface area contributed by atoms with E-state index < -0.39 is 0 Å². The summed E-state index contributed by atoms with van der Waals surface area (Å²) < 4.78 is 0. The van der Waals surface area contributed by atoms with Crippen LogP contribution in [0.5, 0.6) is 0 Å². The van der Waals surface area contributed by atoms with E-state index in [0.717, 1.165) is 27.7 Å². The summed E-state index contributed by atoms with van der Waals surface area (Å²) in [5.41, 5.74) is 8.84. The van der Waals surface area contributed by atoms with E-state index in [1.165, 1.54) is 11.3 Å². The van der Waals surface area contributed by atoms with E-state index in [-0.39, 0.29) is 5.91 Å². The van der Waals surface area contributed by atoms with Gasteiger partial charge in [0.05, 0.1) is 10.7 Å². The number of carbonyl (C=O) groups excluding carboxylic acids is 1. The summed E-state index contributed by atoms with van der Waals surface area (Å²) in [6, 6.07) is 5.37. The lowest BCUT2D eigenvalue weighted by atomic mass is 10.1. The van der Waals surface area contributed by atoms with Crippen LogP contribution in [0.25, 0.3) is 0 Å². The minimum atomic E-state index is -0.131. The number of aromatic nitrogens is 1. The first-order valence-electron chi connectivity index (χ1n) is 7.00. The number of amides is 1. The van der Waals surface area contributed by atoms with Gasteiger partial charge in [-0.25, -0.2) is 4.98 Å². The van der Waals surface area contributed by atoms with Crippen LogP contribution in [0.1, 0.15) is 40.5 Å². The van der Waals surface area contributed by atoms with Gasteiger partial charge in [0.15, 0.2) is 0 Å². The molecule has 0 fully saturated rings. The van der Waals surface area contributed by atoms with Crippen molar-refractivity contribution in [3.8, 4) is 0 Å². The highest BCUT2D eigenvalue weighted by Crippen LogP contribution is 2.27. The molecule has 0 atom stereocenters. The Morgan fingerprint density at radius 1 is 1.38 bits per heavy atom. The van der Waals surface area contributed by atoms with Gasteiger partial charge in [-0.3, -0.25) is 4.79 Å². The van der Waals surface area contributed by atoms with Crippen molar-refractivity contribution >= 4 is 27.9 Å². The first kappa shape index (κ1) is 15.5. The third kappa shape index (κ3) is 3.82. The number of benzene rings is 1. The fraction of sp³-hybridized carbons (Fsp3) is 0.375. The normalized spacial score (nSPS) is 10.9. The van der Waals surface area contributed by atoms with Crippen LogP contribution in [0.2, 0.25) is 0 Å². The van der Waals surface area contributed by atoms with Gasteiger partial charge >= 0.3 is 0 Å². The molecule has 0 bridgehead atoms. The number of nitrogens with zero attached hydrogens (tertiary/aromatic N) is 1. The van der Waals surface area contributed by atoms with E-state index >= 15 is 0 Å². The Bertz CT molecular complexity index is 662. The number of nitrogens with two attached hydrogens (primary N) is 1. The van der Waals surface area contributed by atoms with Gasteiger partial charge in [-0.15, -0.1) is 11.3 Å². The number of nitrogens with one attached hydrogen (secondary N) is 1. The summed E-state index contributed by atoms with van der Waals surface area (Å²) in [5.74, 6) is 0.365. The molecule has 21 heavy (non-hydrogen) atoms. The van der Waals surface area contributed by atoms with E-state index in [4.69, 9.17) is 5.73 Å². The maximum absolute atomic E-state index is 12.4. The number of aryl methyl sites for hydroxylation is 2. The minimum Gasteiger partial charge on any atom is -0.399 e. The highest BCUT2D eigenvalue weighted by molar-refractivity contribution is 7.16. The van der Waals surface area contributed by atoms with Crippen LogP contribution in [0, 0.1) is 19.8 Å². The standard InChI is InChI=1S/C16H21N3OS/c1-9(2)7-14-16(21-11(4)18-14)19-15(20)13-8-12(17)6-5-10(13)3/h5-6,8-9H,7,17H2,1-4H3,(H,19,20). The summed E-state index contributed by atoms with van der Waals surface area (Å²) in [4.78, 5) is 17.0. The van der Waals surface area contributed by atoms with Crippen LogP contribution in [0.15, 0.2) is 18.2 Å². The number of hydrogen-bond acceptors (Lipinski definition) is 4. The molecule has 5 heteroatoms. The monoisotopic (exact) mass is 303 g/mol. The van der Waals surface area contributed by atoms with Crippen LogP contribution >= 0.6 is 11.3 Å². The molecule has 0 aliphatic carbocycles. The number of rotatable bonds is 4. The molecule has 112 valence electrons. The van der Waals surface area contributed by atoms with Crippen LogP contribution in [0.4, 0.5) is 10.7 Å². The van der Waals surface area contributed by atoms with E-state index in [1.54, 1.807) is 12.1 Å². The van der Waals surface area contributed by atoms with Gasteiger partial charge in [0, 0.05) is 11.3 Å². The maximum Gasteiger partial charge on any atom is 0.256 e. The zero-order valence-electron chi connectivity index (χ0n) is 12.9. The third-order valence-corrected chi connectivity index (χ3v) is 4.07. The van der Waals surface area contributed by atoms with Crippen LogP contribution in [0.3, 0.4) is 0 Å². The molecule has 1 aromatic carbocycles. The molecule has 0 aliphatic rings. The lowest BCUT2D eigenvalue weighted by molar-refractivity contribution is 0.102. The van der Waals surface area contributed by atoms with Crippen LogP contribution < -0.4 is 11.1 Å². The van der Waals surface area contributed by atoms with Gasteiger partial charge in [0.1, 0.15) is 5.00 Å². The molecule has 3 N–H and O–H groups in total. The van der Waals surface area contributed by atoms with Gasteiger partial charge in [0.25, 0.3) is 5.91 Å². The molecule has 0 radical (unpaired) electrons. The van der Waals surface area contributed by atoms with Crippen molar-refractivity contribution in [2.45, 2.75) is 34.1 Å². The number of thiazole rings is 1. The molecule has 0 saturated heterocycles. The molecule has 0 unspecified atom stereocenters. The number of anilines is 2. The van der Waals surface area contributed by atoms with E-state index in [0.29, 0.717) is 17.2 Å². The van der Waals surface area contributed by atoms with Gasteiger partial charge < -0.3 is 11.1 Å². The molecule has 1 aromatic heterocycles. The predicted molar refractivity (Wildman–Crippen MR) is 88.9 cm³/mol. The maximum atomic E-state index is 12.4. The summed E-state index contributed by atoms with van der Waals surface area (Å²) in [6.45, 7) is 8.14. The zero-order chi connectivity index (χ0) is 15.6. The van der Waals surface area contributed by atoms with Gasteiger partial charge in [-0.2, -0.15) is 0 Å². The Balaban J connectivity index is 2.25. The van der Waals surface area contributed by atoms with Gasteiger partial charge in [-0.05, 0) is 43.9 Å². The second-order valence-corrected chi connectivity index (χ2v) is 6.84. The Morgan fingerprint density at radius 2 is 2.10 bits per heavy atom. The van der Waals surface area contributed by atoms with Crippen molar-refractivity contribution in [3.05, 3.63) is 40.0 Å². The fourth-order valence-electron chi connectivity index (χ4n) is 2.15. The van der Waals surface area contributed by atoms with Gasteiger partial charge in [0.2, 0.25) is 0 Å². The van der Waals surface area contributed by atoms with Gasteiger partial charge in [-0.1, -0.05) is 19.9 Å². The molecule has 4 nitrogen and oxygen atoms in total. The predicted octanol–water partition coefficient (Wildman–Crippen LogP) is 3.79. The minimum absolute atomic E-state index is 0.131. The molecular formula is C16H21N3OS. The summed E-state index contributed by atoms with van der Waals surface area (Å²) in [5, 5.41) is 4.79. The van der Waals surface area contributed by atoms with E-state index in [1.807, 2.05) is 19.9 Å². The van der Waals surface area contributed by atoms with Crippen molar-refractivity contribution in [1.82, 2.24) is 4.98 Å². The molecule has 0 aliphatic heterocycles. The topological polar surface area (TPSA) is 68.0 Å². The molecule has 0 spiro atoms. The number of hydrogen-bond donors (Lipinski definition) is 2. The molecule has 2 rings (SSSR count). The number of carbonyl (C=O) groups is 1. The molecule has 1 amide bonds. The highest BCUT2D eigenvalue weighted by Gasteiger charge is 2.16. The number of nitrogen functional groups attached to an aromatic ring is 1. The van der Waals surface area contributed by atoms with Crippen molar-refractivity contribution in [2.24, 2.45) is 5.92 Å². The smallest absolute Gasteiger partial charge is 0.256 e. The van der Waals surface area contributed by atoms with Crippen molar-refractivity contribution < 1.29 is 4.79 Å². The average molecular weight is 303 g/mol. The highest BCUT2D eigenvalue weighted by atomic mass is 32.1. The Hall–Kier alpha value is -1.88. The Labute approximate surface area is 129 Å². The third-order valence-electron chi connectivity index (χ3n) is 3.14.